The van der Waals surface area contributed by atoms with E-state index in [1.165, 1.54) is 25.3 Å². The van der Waals surface area contributed by atoms with E-state index in [1.807, 2.05) is 0 Å². The van der Waals surface area contributed by atoms with Crippen molar-refractivity contribution in [2.45, 2.75) is 12.1 Å². The normalized spacial score (nSPS) is 18.7. The highest BCUT2D eigenvalue weighted by molar-refractivity contribution is 6.04. The molecule has 1 aliphatic heterocycles. The van der Waals surface area contributed by atoms with Crippen molar-refractivity contribution < 1.29 is 23.6 Å². The second-order valence-corrected chi connectivity index (χ2v) is 6.26. The summed E-state index contributed by atoms with van der Waals surface area (Å²) >= 11 is 0. The molecule has 1 aromatic heterocycles. The summed E-state index contributed by atoms with van der Waals surface area (Å²) in [4.78, 5) is 14.5. The van der Waals surface area contributed by atoms with Gasteiger partial charge >= 0.3 is 0 Å². The number of anilines is 1. The van der Waals surface area contributed by atoms with Crippen molar-refractivity contribution in [2.24, 2.45) is 0 Å². The average Bonchev–Trinajstić information content (AvgIpc) is 3.22. The van der Waals surface area contributed by atoms with Gasteiger partial charge in [0.1, 0.15) is 5.56 Å². The molecule has 0 saturated carbocycles. The van der Waals surface area contributed by atoms with Crippen LogP contribution in [0, 0.1) is 5.82 Å². The molecule has 0 unspecified atom stereocenters. The highest BCUT2D eigenvalue weighted by Crippen LogP contribution is 2.33. The summed E-state index contributed by atoms with van der Waals surface area (Å²) in [5, 5.41) is 19.7. The molecule has 3 rings (SSSR count). The Morgan fingerprint density at radius 1 is 1.44 bits per heavy atom. The van der Waals surface area contributed by atoms with Gasteiger partial charge in [-0.15, -0.1) is 12.4 Å². The zero-order valence-electron chi connectivity index (χ0n) is 15.2. The number of β-amino-alcohol motifs (C(OH)–C–C–N with tert-alkyl or cyclic N) is 1. The first-order chi connectivity index (χ1) is 12.4. The van der Waals surface area contributed by atoms with Crippen molar-refractivity contribution in [2.75, 3.05) is 39.2 Å². The van der Waals surface area contributed by atoms with E-state index in [-0.39, 0.29) is 29.5 Å². The summed E-state index contributed by atoms with van der Waals surface area (Å²) in [5.74, 6) is -0.381. The summed E-state index contributed by atoms with van der Waals surface area (Å²) in [6.07, 6.45) is -0.670. The van der Waals surface area contributed by atoms with E-state index >= 15 is 0 Å². The fourth-order valence-electron chi connectivity index (χ4n) is 2.84. The molecule has 1 aromatic carbocycles. The number of amides is 1. The Morgan fingerprint density at radius 2 is 2.19 bits per heavy atom. The third-order valence-corrected chi connectivity index (χ3v) is 4.24. The van der Waals surface area contributed by atoms with Crippen LogP contribution < -0.4 is 20.3 Å². The van der Waals surface area contributed by atoms with Crippen LogP contribution in [-0.4, -0.2) is 62.6 Å². The van der Waals surface area contributed by atoms with Crippen LogP contribution in [0.4, 0.5) is 10.2 Å². The number of hydrogen-bond donors (Lipinski definition) is 3. The van der Waals surface area contributed by atoms with Crippen LogP contribution in [0.15, 0.2) is 22.7 Å². The van der Waals surface area contributed by atoms with Gasteiger partial charge in [0.2, 0.25) is 0 Å². The third-order valence-electron chi connectivity index (χ3n) is 4.24. The monoisotopic (exact) mass is 400 g/mol. The predicted octanol–water partition coefficient (Wildman–Crippen LogP) is 1.04. The molecule has 8 nitrogen and oxygen atoms in total. The molecule has 2 atom stereocenters. The van der Waals surface area contributed by atoms with E-state index in [9.17, 15) is 14.3 Å². The van der Waals surface area contributed by atoms with Crippen LogP contribution in [0.1, 0.15) is 10.4 Å². The SMILES string of the molecule is COc1cc(-c2onc(N(C)C)c2C(=O)N[C@@H]2CNC[C@H]2O)ccc1F.Cl. The first kappa shape index (κ1) is 20.9. The van der Waals surface area contributed by atoms with Crippen molar-refractivity contribution in [3.63, 3.8) is 0 Å². The summed E-state index contributed by atoms with van der Waals surface area (Å²) in [6.45, 7) is 0.881. The zero-order chi connectivity index (χ0) is 18.8. The maximum absolute atomic E-state index is 13.7. The molecular formula is C17H22ClFN4O4. The van der Waals surface area contributed by atoms with Gasteiger partial charge in [0.05, 0.1) is 19.3 Å². The Hall–Kier alpha value is -2.36. The minimum Gasteiger partial charge on any atom is -0.494 e. The lowest BCUT2D eigenvalue weighted by atomic mass is 10.1. The number of rotatable bonds is 5. The van der Waals surface area contributed by atoms with E-state index in [2.05, 4.69) is 15.8 Å². The lowest BCUT2D eigenvalue weighted by molar-refractivity contribution is 0.0889. The molecule has 1 amide bonds. The Kier molecular flexibility index (Phi) is 6.63. The zero-order valence-corrected chi connectivity index (χ0v) is 16.0. The number of methoxy groups -OCH3 is 1. The smallest absolute Gasteiger partial charge is 0.259 e. The number of hydrogen-bond acceptors (Lipinski definition) is 7. The van der Waals surface area contributed by atoms with Crippen LogP contribution in [-0.2, 0) is 0 Å². The molecule has 2 aromatic rings. The van der Waals surface area contributed by atoms with Crippen molar-refractivity contribution in [1.29, 1.82) is 0 Å². The van der Waals surface area contributed by atoms with Crippen LogP contribution in [0.25, 0.3) is 11.3 Å². The Balaban J connectivity index is 0.00000261. The van der Waals surface area contributed by atoms with Gasteiger partial charge in [0.25, 0.3) is 5.91 Å². The lowest BCUT2D eigenvalue weighted by Gasteiger charge is -2.17. The van der Waals surface area contributed by atoms with Crippen molar-refractivity contribution in [3.05, 3.63) is 29.6 Å². The molecule has 1 fully saturated rings. The summed E-state index contributed by atoms with van der Waals surface area (Å²) in [7, 11) is 4.82. The molecule has 3 N–H and O–H groups in total. The van der Waals surface area contributed by atoms with Gasteiger partial charge in [-0.25, -0.2) is 4.39 Å². The van der Waals surface area contributed by atoms with E-state index in [1.54, 1.807) is 19.0 Å². The number of ether oxygens (including phenoxy) is 1. The van der Waals surface area contributed by atoms with E-state index in [4.69, 9.17) is 9.26 Å². The van der Waals surface area contributed by atoms with Gasteiger partial charge in [0.15, 0.2) is 23.1 Å². The van der Waals surface area contributed by atoms with Crippen molar-refractivity contribution >= 4 is 24.1 Å². The van der Waals surface area contributed by atoms with Gasteiger partial charge in [-0.05, 0) is 18.2 Å². The molecular weight excluding hydrogens is 379 g/mol. The molecule has 1 saturated heterocycles. The quantitative estimate of drug-likeness (QED) is 0.689. The average molecular weight is 401 g/mol. The molecule has 148 valence electrons. The maximum Gasteiger partial charge on any atom is 0.259 e. The number of nitrogens with zero attached hydrogens (tertiary/aromatic N) is 2. The standard InChI is InChI=1S/C17H21FN4O4.ClH/c1-22(2)16-14(17(24)20-11-7-19-8-12(11)23)15(26-21-16)9-4-5-10(18)13(6-9)25-3;/h4-6,11-12,19,23H,7-8H2,1-3H3,(H,20,24);1H/t11-,12-;/m1./s1. The number of carbonyl (C=O) groups excluding carboxylic acids is 1. The number of aliphatic hydroxyl groups is 1. The Bertz CT molecular complexity index is 814. The highest BCUT2D eigenvalue weighted by atomic mass is 35.5. The molecule has 27 heavy (non-hydrogen) atoms. The third kappa shape index (κ3) is 4.15. The van der Waals surface area contributed by atoms with Crippen LogP contribution in [0.3, 0.4) is 0 Å². The first-order valence-corrected chi connectivity index (χ1v) is 8.13. The van der Waals surface area contributed by atoms with Crippen LogP contribution in [0.2, 0.25) is 0 Å². The summed E-state index contributed by atoms with van der Waals surface area (Å²) < 4.78 is 24.1. The highest BCUT2D eigenvalue weighted by Gasteiger charge is 2.31. The van der Waals surface area contributed by atoms with E-state index in [0.29, 0.717) is 24.5 Å². The van der Waals surface area contributed by atoms with E-state index in [0.717, 1.165) is 0 Å². The second-order valence-electron chi connectivity index (χ2n) is 6.26. The number of aromatic nitrogens is 1. The number of carbonyl (C=O) groups is 1. The van der Waals surface area contributed by atoms with Crippen molar-refractivity contribution in [1.82, 2.24) is 15.8 Å². The molecule has 0 bridgehead atoms. The molecule has 0 aliphatic carbocycles. The van der Waals surface area contributed by atoms with E-state index < -0.39 is 23.9 Å². The summed E-state index contributed by atoms with van der Waals surface area (Å²) in [5.41, 5.74) is 0.668. The Labute approximate surface area is 162 Å². The maximum atomic E-state index is 13.7. The number of nitrogens with one attached hydrogen (secondary N) is 2. The molecule has 10 heteroatoms. The van der Waals surface area contributed by atoms with Gasteiger partial charge in [0, 0.05) is 32.7 Å². The largest absolute Gasteiger partial charge is 0.494 e. The second kappa shape index (κ2) is 8.55. The number of halogens is 2. The van der Waals surface area contributed by atoms with Gasteiger partial charge < -0.3 is 29.9 Å². The minimum absolute atomic E-state index is 0. The van der Waals surface area contributed by atoms with Gasteiger partial charge in [-0.3, -0.25) is 4.79 Å². The molecule has 0 radical (unpaired) electrons. The van der Waals surface area contributed by atoms with Gasteiger partial charge in [-0.2, -0.15) is 0 Å². The minimum atomic E-state index is -0.670. The molecule has 1 aliphatic rings. The van der Waals surface area contributed by atoms with Crippen LogP contribution in [0.5, 0.6) is 5.75 Å². The summed E-state index contributed by atoms with van der Waals surface area (Å²) in [6, 6.07) is 3.75. The van der Waals surface area contributed by atoms with Crippen molar-refractivity contribution in [3.8, 4) is 17.1 Å². The predicted molar refractivity (Wildman–Crippen MR) is 100 cm³/mol. The molecule has 2 heterocycles. The lowest BCUT2D eigenvalue weighted by Crippen LogP contribution is -2.43. The number of benzene rings is 1. The van der Waals surface area contributed by atoms with Crippen LogP contribution >= 0.6 is 12.4 Å². The fraction of sp³-hybridized carbons (Fsp3) is 0.412. The molecule has 0 spiro atoms. The Morgan fingerprint density at radius 3 is 2.78 bits per heavy atom. The number of aliphatic hydroxyl groups excluding tert-OH is 1. The first-order valence-electron chi connectivity index (χ1n) is 8.13. The van der Waals surface area contributed by atoms with Gasteiger partial charge in [-0.1, -0.05) is 5.16 Å². The topological polar surface area (TPSA) is 99.9 Å². The fourth-order valence-corrected chi connectivity index (χ4v) is 2.84.